The van der Waals surface area contributed by atoms with E-state index in [0.29, 0.717) is 16.5 Å². The van der Waals surface area contributed by atoms with E-state index in [1.54, 1.807) is 25.3 Å². The minimum absolute atomic E-state index is 0.0689. The summed E-state index contributed by atoms with van der Waals surface area (Å²) in [7, 11) is 1.57. The number of carbonyl (C=O) groups excluding carboxylic acids is 1. The van der Waals surface area contributed by atoms with Gasteiger partial charge in [0.2, 0.25) is 5.91 Å². The van der Waals surface area contributed by atoms with Gasteiger partial charge in [0.05, 0.1) is 12.1 Å². The third-order valence-electron chi connectivity index (χ3n) is 5.58. The van der Waals surface area contributed by atoms with E-state index in [-0.39, 0.29) is 11.9 Å². The number of ether oxygens (including phenoxy) is 1. The summed E-state index contributed by atoms with van der Waals surface area (Å²) >= 11 is 6.24. The van der Waals surface area contributed by atoms with Crippen molar-refractivity contribution in [3.05, 3.63) is 89.4 Å². The highest BCUT2D eigenvalue weighted by Crippen LogP contribution is 2.29. The zero-order valence-electron chi connectivity index (χ0n) is 17.5. The van der Waals surface area contributed by atoms with Crippen LogP contribution in [-0.2, 0) is 4.79 Å². The second-order valence-electron chi connectivity index (χ2n) is 7.51. The summed E-state index contributed by atoms with van der Waals surface area (Å²) in [4.78, 5) is 18.0. The fourth-order valence-corrected chi connectivity index (χ4v) is 4.25. The lowest BCUT2D eigenvalue weighted by atomic mass is 10.0. The minimum Gasteiger partial charge on any atom is -0.495 e. The van der Waals surface area contributed by atoms with Gasteiger partial charge in [0.1, 0.15) is 11.8 Å². The SMILES string of the molecule is COc1ccc(NC(=O)C(c2ccccc2)N2CCN(c3ccccc3)CC2)cc1Cl. The van der Waals surface area contributed by atoms with Gasteiger partial charge in [-0.05, 0) is 35.9 Å². The quantitative estimate of drug-likeness (QED) is 0.601. The van der Waals surface area contributed by atoms with Gasteiger partial charge in [-0.15, -0.1) is 0 Å². The van der Waals surface area contributed by atoms with Gasteiger partial charge in [0.15, 0.2) is 0 Å². The molecule has 0 spiro atoms. The van der Waals surface area contributed by atoms with Crippen LogP contribution >= 0.6 is 11.6 Å². The lowest BCUT2D eigenvalue weighted by Crippen LogP contribution is -2.50. The number of benzene rings is 3. The smallest absolute Gasteiger partial charge is 0.246 e. The highest BCUT2D eigenvalue weighted by atomic mass is 35.5. The van der Waals surface area contributed by atoms with Crippen LogP contribution < -0.4 is 15.0 Å². The molecule has 1 aliphatic heterocycles. The predicted molar refractivity (Wildman–Crippen MR) is 126 cm³/mol. The third-order valence-corrected chi connectivity index (χ3v) is 5.88. The number of methoxy groups -OCH3 is 1. The molecule has 1 heterocycles. The van der Waals surface area contributed by atoms with Gasteiger partial charge in [-0.2, -0.15) is 0 Å². The van der Waals surface area contributed by atoms with Crippen molar-refractivity contribution in [2.75, 3.05) is 43.5 Å². The normalized spacial score (nSPS) is 15.4. The number of anilines is 2. The number of hydrogen-bond donors (Lipinski definition) is 1. The number of para-hydroxylation sites is 1. The summed E-state index contributed by atoms with van der Waals surface area (Å²) < 4.78 is 5.21. The summed E-state index contributed by atoms with van der Waals surface area (Å²) in [6, 6.07) is 25.2. The zero-order chi connectivity index (χ0) is 21.6. The monoisotopic (exact) mass is 435 g/mol. The number of rotatable bonds is 6. The van der Waals surface area contributed by atoms with Crippen LogP contribution in [0.4, 0.5) is 11.4 Å². The maximum absolute atomic E-state index is 13.4. The molecule has 1 aliphatic rings. The average Bonchev–Trinajstić information content (AvgIpc) is 2.81. The van der Waals surface area contributed by atoms with E-state index < -0.39 is 0 Å². The molecule has 5 nitrogen and oxygen atoms in total. The molecule has 1 saturated heterocycles. The summed E-state index contributed by atoms with van der Waals surface area (Å²) in [6.07, 6.45) is 0. The van der Waals surface area contributed by atoms with Gasteiger partial charge in [0, 0.05) is 37.6 Å². The first-order valence-electron chi connectivity index (χ1n) is 10.4. The Morgan fingerprint density at radius 3 is 2.19 bits per heavy atom. The van der Waals surface area contributed by atoms with Crippen LogP contribution in [0.15, 0.2) is 78.9 Å². The first-order valence-corrected chi connectivity index (χ1v) is 10.8. The number of hydrogen-bond acceptors (Lipinski definition) is 4. The number of carbonyl (C=O) groups is 1. The molecule has 0 aromatic heterocycles. The summed E-state index contributed by atoms with van der Waals surface area (Å²) in [6.45, 7) is 3.33. The van der Waals surface area contributed by atoms with Crippen molar-refractivity contribution in [3.8, 4) is 5.75 Å². The van der Waals surface area contributed by atoms with Gasteiger partial charge < -0.3 is 15.0 Å². The average molecular weight is 436 g/mol. The highest BCUT2D eigenvalue weighted by Gasteiger charge is 2.30. The van der Waals surface area contributed by atoms with Crippen LogP contribution in [0.1, 0.15) is 11.6 Å². The zero-order valence-corrected chi connectivity index (χ0v) is 18.3. The summed E-state index contributed by atoms with van der Waals surface area (Å²) in [5.41, 5.74) is 2.85. The van der Waals surface area contributed by atoms with Crippen LogP contribution in [0.5, 0.6) is 5.75 Å². The van der Waals surface area contributed by atoms with Crippen molar-refractivity contribution < 1.29 is 9.53 Å². The number of halogens is 1. The lowest BCUT2D eigenvalue weighted by molar-refractivity contribution is -0.121. The maximum atomic E-state index is 13.4. The standard InChI is InChI=1S/C25H26ClN3O2/c1-31-23-13-12-20(18-22(23)26)27-25(30)24(19-8-4-2-5-9-19)29-16-14-28(15-17-29)21-10-6-3-7-11-21/h2-13,18,24H,14-17H2,1H3,(H,27,30). The van der Waals surface area contributed by atoms with Gasteiger partial charge >= 0.3 is 0 Å². The van der Waals surface area contributed by atoms with Crippen molar-refractivity contribution in [1.29, 1.82) is 0 Å². The van der Waals surface area contributed by atoms with E-state index >= 15 is 0 Å². The van der Waals surface area contributed by atoms with Crippen molar-refractivity contribution >= 4 is 28.9 Å². The molecule has 1 N–H and O–H groups in total. The predicted octanol–water partition coefficient (Wildman–Crippen LogP) is 4.85. The summed E-state index contributed by atoms with van der Waals surface area (Å²) in [5, 5.41) is 3.50. The molecule has 31 heavy (non-hydrogen) atoms. The molecule has 0 saturated carbocycles. The van der Waals surface area contributed by atoms with Crippen LogP contribution in [0.3, 0.4) is 0 Å². The van der Waals surface area contributed by atoms with E-state index in [9.17, 15) is 4.79 Å². The molecule has 4 rings (SSSR count). The number of nitrogens with one attached hydrogen (secondary N) is 1. The molecule has 3 aromatic rings. The fraction of sp³-hybridized carbons (Fsp3) is 0.240. The van der Waals surface area contributed by atoms with Crippen LogP contribution in [0.25, 0.3) is 0 Å². The van der Waals surface area contributed by atoms with Crippen LogP contribution in [-0.4, -0.2) is 44.1 Å². The Hall–Kier alpha value is -3.02. The van der Waals surface area contributed by atoms with Crippen LogP contribution in [0.2, 0.25) is 5.02 Å². The number of piperazine rings is 1. The Kier molecular flexibility index (Phi) is 6.75. The van der Waals surface area contributed by atoms with Gasteiger partial charge in [-0.1, -0.05) is 60.1 Å². The third kappa shape index (κ3) is 5.01. The fourth-order valence-electron chi connectivity index (χ4n) is 4.00. The van der Waals surface area contributed by atoms with Gasteiger partial charge in [0.25, 0.3) is 0 Å². The Morgan fingerprint density at radius 2 is 1.58 bits per heavy atom. The Labute approximate surface area is 188 Å². The first kappa shape index (κ1) is 21.2. The Morgan fingerprint density at radius 1 is 0.935 bits per heavy atom. The molecular formula is C25H26ClN3O2. The molecule has 6 heteroatoms. The molecule has 160 valence electrons. The van der Waals surface area contributed by atoms with Crippen molar-refractivity contribution in [3.63, 3.8) is 0 Å². The van der Waals surface area contributed by atoms with E-state index in [0.717, 1.165) is 31.7 Å². The van der Waals surface area contributed by atoms with E-state index in [1.807, 2.05) is 36.4 Å². The molecule has 1 fully saturated rings. The Bertz CT molecular complexity index is 1010. The molecule has 0 radical (unpaired) electrons. The molecule has 0 bridgehead atoms. The molecule has 1 atom stereocenters. The van der Waals surface area contributed by atoms with Crippen molar-refractivity contribution in [1.82, 2.24) is 4.90 Å². The van der Waals surface area contributed by atoms with E-state index in [4.69, 9.17) is 16.3 Å². The van der Waals surface area contributed by atoms with Gasteiger partial charge in [-0.3, -0.25) is 9.69 Å². The molecular weight excluding hydrogens is 410 g/mol. The second kappa shape index (κ2) is 9.86. The lowest BCUT2D eigenvalue weighted by Gasteiger charge is -2.39. The Balaban J connectivity index is 1.51. The molecule has 1 unspecified atom stereocenters. The largest absolute Gasteiger partial charge is 0.495 e. The summed E-state index contributed by atoms with van der Waals surface area (Å²) in [5.74, 6) is 0.511. The van der Waals surface area contributed by atoms with Crippen molar-refractivity contribution in [2.45, 2.75) is 6.04 Å². The maximum Gasteiger partial charge on any atom is 0.246 e. The molecule has 3 aromatic carbocycles. The van der Waals surface area contributed by atoms with Crippen molar-refractivity contribution in [2.24, 2.45) is 0 Å². The highest BCUT2D eigenvalue weighted by molar-refractivity contribution is 6.32. The minimum atomic E-state index is -0.375. The topological polar surface area (TPSA) is 44.8 Å². The van der Waals surface area contributed by atoms with E-state index in [2.05, 4.69) is 39.4 Å². The molecule has 1 amide bonds. The van der Waals surface area contributed by atoms with Gasteiger partial charge in [-0.25, -0.2) is 0 Å². The first-order chi connectivity index (χ1) is 15.2. The number of amides is 1. The van der Waals surface area contributed by atoms with E-state index in [1.165, 1.54) is 5.69 Å². The second-order valence-corrected chi connectivity index (χ2v) is 7.92. The van der Waals surface area contributed by atoms with Crippen LogP contribution in [0, 0.1) is 0 Å². The number of nitrogens with zero attached hydrogens (tertiary/aromatic N) is 2. The molecule has 0 aliphatic carbocycles.